The molecule has 8 nitrogen and oxygen atoms in total. The largest absolute Gasteiger partial charge is 1.00 e. The van der Waals surface area contributed by atoms with Crippen LogP contribution in [0.4, 0.5) is 10.5 Å². The molecule has 0 spiro atoms. The number of aromatic hydroxyl groups is 1. The molecule has 0 saturated carbocycles. The summed E-state index contributed by atoms with van der Waals surface area (Å²) < 4.78 is 1.96. The number of aliphatic carboxylic acids is 1. The average Bonchev–Trinajstić information content (AvgIpc) is 2.56. The maximum atomic E-state index is 12.3. The number of aryl methyl sites for hydroxylation is 2. The number of nitrogens with one attached hydrogen (secondary N) is 2. The minimum absolute atomic E-state index is 0. The van der Waals surface area contributed by atoms with Crippen molar-refractivity contribution in [3.8, 4) is 5.75 Å². The molecule has 0 aliphatic heterocycles. The quantitative estimate of drug-likeness (QED) is 0.465. The zero-order chi connectivity index (χ0) is 19.4. The van der Waals surface area contributed by atoms with E-state index in [1.54, 1.807) is 31.2 Å². The maximum Gasteiger partial charge on any atom is 1.00 e. The molecule has 10 heteroatoms. The number of benzene rings is 1. The van der Waals surface area contributed by atoms with E-state index in [1.807, 2.05) is 0 Å². The van der Waals surface area contributed by atoms with Gasteiger partial charge in [-0.25, -0.2) is 4.79 Å². The first-order valence-corrected chi connectivity index (χ1v) is 8.42. The van der Waals surface area contributed by atoms with Gasteiger partial charge in [-0.1, -0.05) is 28.1 Å². The molecule has 0 aliphatic carbocycles. The van der Waals surface area contributed by atoms with Gasteiger partial charge in [0.15, 0.2) is 5.69 Å². The van der Waals surface area contributed by atoms with Crippen molar-refractivity contribution in [1.29, 1.82) is 0 Å². The number of hydrogen-bond acceptors (Lipinski definition) is 4. The number of nitrogens with zero attached hydrogens (tertiary/aromatic N) is 1. The molecule has 2 amide bonds. The summed E-state index contributed by atoms with van der Waals surface area (Å²) >= 11 is 3.30. The van der Waals surface area contributed by atoms with Gasteiger partial charge in [0, 0.05) is 23.3 Å². The summed E-state index contributed by atoms with van der Waals surface area (Å²) in [6.45, 7) is 1.59. The Kier molecular flexibility index (Phi) is 8.55. The zero-order valence-electron chi connectivity index (χ0n) is 16.1. The van der Waals surface area contributed by atoms with E-state index in [-0.39, 0.29) is 48.8 Å². The van der Waals surface area contributed by atoms with Crippen molar-refractivity contribution in [1.82, 2.24) is 9.88 Å². The minimum Gasteiger partial charge on any atom is -1.00 e. The van der Waals surface area contributed by atoms with Crippen LogP contribution in [-0.2, 0) is 11.8 Å². The number of hydrogen-bond donors (Lipinski definition) is 4. The van der Waals surface area contributed by atoms with Crippen molar-refractivity contribution < 1.29 is 50.8 Å². The summed E-state index contributed by atoms with van der Waals surface area (Å²) in [6, 6.07) is 5.25. The van der Waals surface area contributed by atoms with Crippen molar-refractivity contribution >= 4 is 33.6 Å². The first kappa shape index (κ1) is 23.2. The Morgan fingerprint density at radius 1 is 1.37 bits per heavy atom. The Balaban J connectivity index is 0.00000364. The molecule has 0 bridgehead atoms. The number of pyridine rings is 1. The van der Waals surface area contributed by atoms with E-state index < -0.39 is 23.6 Å². The van der Waals surface area contributed by atoms with Gasteiger partial charge in [0.25, 0.3) is 5.56 Å². The van der Waals surface area contributed by atoms with E-state index in [4.69, 9.17) is 5.11 Å². The summed E-state index contributed by atoms with van der Waals surface area (Å²) in [5.74, 6) is -1.43. The second-order valence-corrected chi connectivity index (χ2v) is 6.67. The fraction of sp³-hybridized carbons (Fsp3) is 0.235. The Morgan fingerprint density at radius 2 is 2.04 bits per heavy atom. The van der Waals surface area contributed by atoms with E-state index in [1.165, 1.54) is 17.8 Å². The first-order valence-electron chi connectivity index (χ1n) is 7.63. The minimum atomic E-state index is -1.09. The van der Waals surface area contributed by atoms with Gasteiger partial charge in [-0.3, -0.25) is 9.59 Å². The second-order valence-electron chi connectivity index (χ2n) is 5.76. The molecular weight excluding hydrogens is 429 g/mol. The molecule has 4 N–H and O–H groups in total. The third kappa shape index (κ3) is 6.10. The second kappa shape index (κ2) is 9.93. The summed E-state index contributed by atoms with van der Waals surface area (Å²) in [4.78, 5) is 35.5. The molecule has 0 saturated heterocycles. The molecule has 0 radical (unpaired) electrons. The van der Waals surface area contributed by atoms with Gasteiger partial charge in [-0.15, -0.1) is 0 Å². The number of carboxylic acids is 1. The third-order valence-electron chi connectivity index (χ3n) is 3.71. The number of amides is 2. The molecule has 27 heavy (non-hydrogen) atoms. The van der Waals surface area contributed by atoms with E-state index in [0.717, 1.165) is 4.47 Å². The standard InChI is InChI=1S/C17H18BrN3O5.Na.H/c1-9-8-21(2)16(25)14(15(9)24)20-17(26)19-12(7-13(22)23)10-4-3-5-11(18)6-10;;/h3-6,8,12,24H,7H2,1-2H3,(H,22,23)(H2,19,20,26);;/q;+1;-1. The molecule has 1 aromatic heterocycles. The molecule has 2 aromatic rings. The number of carbonyl (C=O) groups excluding carboxylic acids is 1. The fourth-order valence-electron chi connectivity index (χ4n) is 2.46. The number of halogens is 1. The Hall–Kier alpha value is -1.81. The van der Waals surface area contributed by atoms with Gasteiger partial charge in [0.05, 0.1) is 12.5 Å². The summed E-state index contributed by atoms with van der Waals surface area (Å²) in [6.07, 6.45) is 1.09. The van der Waals surface area contributed by atoms with Crippen molar-refractivity contribution in [2.45, 2.75) is 19.4 Å². The van der Waals surface area contributed by atoms with Gasteiger partial charge in [0.1, 0.15) is 5.75 Å². The van der Waals surface area contributed by atoms with Gasteiger partial charge in [0.2, 0.25) is 0 Å². The molecule has 1 heterocycles. The van der Waals surface area contributed by atoms with E-state index >= 15 is 0 Å². The maximum absolute atomic E-state index is 12.3. The average molecular weight is 448 g/mol. The van der Waals surface area contributed by atoms with Crippen LogP contribution in [0.25, 0.3) is 0 Å². The van der Waals surface area contributed by atoms with Crippen molar-refractivity contribution in [3.05, 3.63) is 56.4 Å². The van der Waals surface area contributed by atoms with Crippen LogP contribution in [0.1, 0.15) is 25.0 Å². The van der Waals surface area contributed by atoms with Crippen LogP contribution >= 0.6 is 15.9 Å². The van der Waals surface area contributed by atoms with Crippen molar-refractivity contribution in [3.63, 3.8) is 0 Å². The molecule has 1 aromatic carbocycles. The third-order valence-corrected chi connectivity index (χ3v) is 4.20. The number of urea groups is 1. The molecule has 0 aliphatic rings. The summed E-state index contributed by atoms with van der Waals surface area (Å²) in [7, 11) is 1.49. The van der Waals surface area contributed by atoms with Gasteiger partial charge in [-0.05, 0) is 24.6 Å². The van der Waals surface area contributed by atoms with E-state index in [0.29, 0.717) is 11.1 Å². The topological polar surface area (TPSA) is 121 Å². The Morgan fingerprint density at radius 3 is 2.63 bits per heavy atom. The van der Waals surface area contributed by atoms with Crippen LogP contribution in [0.15, 0.2) is 39.7 Å². The predicted octanol–water partition coefficient (Wildman–Crippen LogP) is -0.384. The summed E-state index contributed by atoms with van der Waals surface area (Å²) in [5, 5.41) is 24.0. The first-order chi connectivity index (χ1) is 12.2. The van der Waals surface area contributed by atoms with E-state index in [9.17, 15) is 19.5 Å². The Labute approximate surface area is 187 Å². The summed E-state index contributed by atoms with van der Waals surface area (Å²) in [5.41, 5.74) is 0.142. The van der Waals surface area contributed by atoms with Crippen molar-refractivity contribution in [2.75, 3.05) is 5.32 Å². The predicted molar refractivity (Wildman–Crippen MR) is 100 cm³/mol. The van der Waals surface area contributed by atoms with Gasteiger partial charge in [-0.2, -0.15) is 0 Å². The number of anilines is 1. The number of rotatable bonds is 5. The van der Waals surface area contributed by atoms with Crippen LogP contribution < -0.4 is 45.8 Å². The number of aromatic nitrogens is 1. The van der Waals surface area contributed by atoms with Gasteiger partial charge >= 0.3 is 41.6 Å². The molecule has 0 fully saturated rings. The van der Waals surface area contributed by atoms with Crippen LogP contribution in [0.3, 0.4) is 0 Å². The number of carboxylic acid groups (broad SMARTS) is 1. The Bertz CT molecular complexity index is 922. The van der Waals surface area contributed by atoms with Crippen molar-refractivity contribution in [2.24, 2.45) is 7.05 Å². The molecule has 1 atom stereocenters. The van der Waals surface area contributed by atoms with Crippen LogP contribution in [0.5, 0.6) is 5.75 Å². The molecule has 140 valence electrons. The zero-order valence-corrected chi connectivity index (χ0v) is 18.7. The van der Waals surface area contributed by atoms with Gasteiger partial charge < -0.3 is 26.8 Å². The normalized spacial score (nSPS) is 11.2. The molecule has 2 rings (SSSR count). The molecular formula is C17H19BrN3NaO5. The molecule has 1 unspecified atom stereocenters. The smallest absolute Gasteiger partial charge is 1.00 e. The van der Waals surface area contributed by atoms with Crippen LogP contribution in [-0.4, -0.2) is 26.8 Å². The van der Waals surface area contributed by atoms with Crippen LogP contribution in [0.2, 0.25) is 0 Å². The van der Waals surface area contributed by atoms with E-state index in [2.05, 4.69) is 26.6 Å². The number of carbonyl (C=O) groups is 2. The van der Waals surface area contributed by atoms with Crippen LogP contribution in [0, 0.1) is 6.92 Å². The fourth-order valence-corrected chi connectivity index (χ4v) is 2.87. The monoisotopic (exact) mass is 447 g/mol. The SMILES string of the molecule is Cc1cn(C)c(=O)c(NC(=O)NC(CC(=O)O)c2cccc(Br)c2)c1O.[H-].[Na+].